The van der Waals surface area contributed by atoms with Crippen LogP contribution in [0.4, 0.5) is 0 Å². The first-order valence-electron chi connectivity index (χ1n) is 5.28. The Morgan fingerprint density at radius 3 is 2.69 bits per heavy atom. The van der Waals surface area contributed by atoms with Gasteiger partial charge in [0.15, 0.2) is 0 Å². The van der Waals surface area contributed by atoms with Gasteiger partial charge in [0.1, 0.15) is 5.60 Å². The SMILES string of the molecule is [C-]#[N+]CCCC#CC(C)(O)c1ccccc1. The van der Waals surface area contributed by atoms with Gasteiger partial charge in [0.05, 0.1) is 0 Å². The lowest BCUT2D eigenvalue weighted by Crippen LogP contribution is -2.18. The van der Waals surface area contributed by atoms with E-state index in [0.717, 1.165) is 12.0 Å². The lowest BCUT2D eigenvalue weighted by Gasteiger charge is -2.16. The van der Waals surface area contributed by atoms with Gasteiger partial charge in [-0.15, -0.1) is 0 Å². The first-order valence-corrected chi connectivity index (χ1v) is 5.28. The third-order valence-corrected chi connectivity index (χ3v) is 2.24. The summed E-state index contributed by atoms with van der Waals surface area (Å²) < 4.78 is 0. The summed E-state index contributed by atoms with van der Waals surface area (Å²) in [7, 11) is 0. The van der Waals surface area contributed by atoms with Crippen molar-refractivity contribution in [3.63, 3.8) is 0 Å². The van der Waals surface area contributed by atoms with Gasteiger partial charge >= 0.3 is 0 Å². The maximum Gasteiger partial charge on any atom is 0.215 e. The van der Waals surface area contributed by atoms with Crippen LogP contribution in [0.2, 0.25) is 0 Å². The molecule has 0 aliphatic rings. The van der Waals surface area contributed by atoms with Crippen molar-refractivity contribution in [3.8, 4) is 11.8 Å². The largest absolute Gasteiger partial charge is 0.374 e. The third kappa shape index (κ3) is 3.77. The van der Waals surface area contributed by atoms with Crippen molar-refractivity contribution in [2.45, 2.75) is 25.4 Å². The second kappa shape index (κ2) is 5.95. The van der Waals surface area contributed by atoms with E-state index in [2.05, 4.69) is 16.7 Å². The first kappa shape index (κ1) is 12.3. The molecule has 82 valence electrons. The summed E-state index contributed by atoms with van der Waals surface area (Å²) in [5.41, 5.74) is -0.299. The summed E-state index contributed by atoms with van der Waals surface area (Å²) in [6.45, 7) is 8.81. The number of aliphatic hydroxyl groups is 1. The van der Waals surface area contributed by atoms with Gasteiger partial charge < -0.3 is 9.95 Å². The van der Waals surface area contributed by atoms with Crippen LogP contribution >= 0.6 is 0 Å². The number of hydrogen-bond donors (Lipinski definition) is 1. The Morgan fingerprint density at radius 2 is 2.06 bits per heavy atom. The molecular weight excluding hydrogens is 198 g/mol. The molecule has 2 nitrogen and oxygen atoms in total. The van der Waals surface area contributed by atoms with E-state index in [1.165, 1.54) is 0 Å². The molecule has 2 heteroatoms. The molecular formula is C14H15NO. The molecule has 0 radical (unpaired) electrons. The van der Waals surface area contributed by atoms with Gasteiger partial charge in [-0.2, -0.15) is 0 Å². The van der Waals surface area contributed by atoms with E-state index >= 15 is 0 Å². The Labute approximate surface area is 96.7 Å². The fourth-order valence-corrected chi connectivity index (χ4v) is 1.32. The van der Waals surface area contributed by atoms with Crippen LogP contribution in [-0.2, 0) is 5.60 Å². The average molecular weight is 213 g/mol. The van der Waals surface area contributed by atoms with Gasteiger partial charge in [-0.25, -0.2) is 6.57 Å². The van der Waals surface area contributed by atoms with Crippen LogP contribution in [0.15, 0.2) is 30.3 Å². The van der Waals surface area contributed by atoms with Gasteiger partial charge in [0, 0.05) is 12.8 Å². The predicted octanol–water partition coefficient (Wildman–Crippen LogP) is 2.60. The van der Waals surface area contributed by atoms with Crippen LogP contribution in [0.5, 0.6) is 0 Å². The highest BCUT2D eigenvalue weighted by Gasteiger charge is 2.18. The Balaban J connectivity index is 2.62. The van der Waals surface area contributed by atoms with E-state index in [1.54, 1.807) is 6.92 Å². The lowest BCUT2D eigenvalue weighted by atomic mass is 9.97. The minimum absolute atomic E-state index is 0.502. The minimum atomic E-state index is -1.10. The van der Waals surface area contributed by atoms with Gasteiger partial charge in [-0.3, -0.25) is 0 Å². The van der Waals surface area contributed by atoms with E-state index in [-0.39, 0.29) is 0 Å². The zero-order valence-corrected chi connectivity index (χ0v) is 9.40. The van der Waals surface area contributed by atoms with E-state index in [1.807, 2.05) is 30.3 Å². The monoisotopic (exact) mass is 213 g/mol. The molecule has 0 saturated carbocycles. The Bertz CT molecular complexity index is 418. The third-order valence-electron chi connectivity index (χ3n) is 2.24. The maximum atomic E-state index is 10.1. The summed E-state index contributed by atoms with van der Waals surface area (Å²) in [5.74, 6) is 5.75. The van der Waals surface area contributed by atoms with Gasteiger partial charge in [0.2, 0.25) is 6.54 Å². The molecule has 0 saturated heterocycles. The van der Waals surface area contributed by atoms with E-state index in [0.29, 0.717) is 13.0 Å². The van der Waals surface area contributed by atoms with Crippen LogP contribution in [-0.4, -0.2) is 11.7 Å². The zero-order chi connectivity index (χ0) is 11.9. The van der Waals surface area contributed by atoms with Crippen molar-refractivity contribution in [3.05, 3.63) is 47.3 Å². The van der Waals surface area contributed by atoms with Crippen molar-refractivity contribution in [2.24, 2.45) is 0 Å². The van der Waals surface area contributed by atoms with Crippen LogP contribution in [0.25, 0.3) is 4.85 Å². The maximum absolute atomic E-state index is 10.1. The molecule has 0 heterocycles. The molecule has 0 amide bonds. The molecule has 0 aliphatic heterocycles. The van der Waals surface area contributed by atoms with Crippen molar-refractivity contribution in [1.29, 1.82) is 0 Å². The zero-order valence-electron chi connectivity index (χ0n) is 9.40. The number of rotatable bonds is 3. The molecule has 1 aromatic rings. The summed E-state index contributed by atoms with van der Waals surface area (Å²) in [6.07, 6.45) is 1.42. The van der Waals surface area contributed by atoms with E-state index < -0.39 is 5.60 Å². The summed E-state index contributed by atoms with van der Waals surface area (Å²) in [6, 6.07) is 9.37. The fourth-order valence-electron chi connectivity index (χ4n) is 1.32. The molecule has 0 aromatic heterocycles. The molecule has 1 N–H and O–H groups in total. The van der Waals surface area contributed by atoms with Crippen LogP contribution < -0.4 is 0 Å². The molecule has 16 heavy (non-hydrogen) atoms. The van der Waals surface area contributed by atoms with Gasteiger partial charge in [-0.1, -0.05) is 42.2 Å². The Kier molecular flexibility index (Phi) is 4.58. The second-order valence-electron chi connectivity index (χ2n) is 3.73. The highest BCUT2D eigenvalue weighted by Crippen LogP contribution is 2.18. The molecule has 0 spiro atoms. The van der Waals surface area contributed by atoms with Crippen molar-refractivity contribution in [1.82, 2.24) is 0 Å². The Hall–Kier alpha value is -1.77. The summed E-state index contributed by atoms with van der Waals surface area (Å²) >= 11 is 0. The fraction of sp³-hybridized carbons (Fsp3) is 0.357. The summed E-state index contributed by atoms with van der Waals surface area (Å²) in [5, 5.41) is 10.1. The van der Waals surface area contributed by atoms with Crippen LogP contribution in [0.3, 0.4) is 0 Å². The van der Waals surface area contributed by atoms with Crippen LogP contribution in [0.1, 0.15) is 25.3 Å². The molecule has 0 aliphatic carbocycles. The van der Waals surface area contributed by atoms with Crippen LogP contribution in [0, 0.1) is 18.4 Å². The number of hydrogen-bond acceptors (Lipinski definition) is 1. The highest BCUT2D eigenvalue weighted by molar-refractivity contribution is 5.30. The number of nitrogens with zero attached hydrogens (tertiary/aromatic N) is 1. The van der Waals surface area contributed by atoms with Crippen molar-refractivity contribution in [2.75, 3.05) is 6.54 Å². The summed E-state index contributed by atoms with van der Waals surface area (Å²) in [4.78, 5) is 3.25. The molecule has 1 atom stereocenters. The second-order valence-corrected chi connectivity index (χ2v) is 3.73. The quantitative estimate of drug-likeness (QED) is 0.466. The average Bonchev–Trinajstić information content (AvgIpc) is 2.30. The molecule has 1 unspecified atom stereocenters. The number of unbranched alkanes of at least 4 members (excludes halogenated alkanes) is 1. The predicted molar refractivity (Wildman–Crippen MR) is 64.5 cm³/mol. The Morgan fingerprint density at radius 1 is 1.38 bits per heavy atom. The van der Waals surface area contributed by atoms with Gasteiger partial charge in [-0.05, 0) is 12.5 Å². The van der Waals surface area contributed by atoms with Crippen molar-refractivity contribution < 1.29 is 5.11 Å². The normalized spacial score (nSPS) is 13.1. The van der Waals surface area contributed by atoms with E-state index in [9.17, 15) is 5.11 Å². The van der Waals surface area contributed by atoms with E-state index in [4.69, 9.17) is 6.57 Å². The number of benzene rings is 1. The minimum Gasteiger partial charge on any atom is -0.374 e. The first-order chi connectivity index (χ1) is 7.67. The topological polar surface area (TPSA) is 24.6 Å². The van der Waals surface area contributed by atoms with Crippen molar-refractivity contribution >= 4 is 0 Å². The molecule has 1 rings (SSSR count). The smallest absolute Gasteiger partial charge is 0.215 e. The highest BCUT2D eigenvalue weighted by atomic mass is 16.3. The standard InChI is InChI=1S/C14H15NO/c1-14(16,11-7-4-8-12-15-2)13-9-5-3-6-10-13/h3,5-6,9-10,16H,4,8,12H2,1H3. The lowest BCUT2D eigenvalue weighted by molar-refractivity contribution is 0.122. The van der Waals surface area contributed by atoms with Gasteiger partial charge in [0.25, 0.3) is 0 Å². The molecule has 1 aromatic carbocycles. The molecule has 0 fully saturated rings. The molecule has 0 bridgehead atoms.